The van der Waals surface area contributed by atoms with Crippen LogP contribution in [0.1, 0.15) is 22.7 Å². The molecule has 5 rings (SSSR count). The number of hydrogen-bond donors (Lipinski definition) is 1. The van der Waals surface area contributed by atoms with Crippen molar-refractivity contribution in [2.75, 3.05) is 4.90 Å². The van der Waals surface area contributed by atoms with Gasteiger partial charge in [-0.25, -0.2) is 0 Å². The van der Waals surface area contributed by atoms with E-state index in [0.717, 1.165) is 5.56 Å². The molecule has 1 saturated heterocycles. The summed E-state index contributed by atoms with van der Waals surface area (Å²) in [5.41, 5.74) is 2.14. The smallest absolute Gasteiger partial charge is 0.301 e. The topological polar surface area (TPSA) is 96.3 Å². The van der Waals surface area contributed by atoms with E-state index in [1.807, 2.05) is 24.3 Å². The lowest BCUT2D eigenvalue weighted by atomic mass is 9.96. The lowest BCUT2D eigenvalue weighted by molar-refractivity contribution is -0.132. The Labute approximate surface area is 214 Å². The van der Waals surface area contributed by atoms with Gasteiger partial charge in [0.25, 0.3) is 5.78 Å². The molecule has 2 aromatic carbocycles. The fraction of sp³-hybridized carbons (Fsp3) is 0.0800. The minimum absolute atomic E-state index is 0.00188. The van der Waals surface area contributed by atoms with Crippen molar-refractivity contribution in [2.24, 2.45) is 0 Å². The summed E-state index contributed by atoms with van der Waals surface area (Å²) in [7, 11) is 0. The van der Waals surface area contributed by atoms with Gasteiger partial charge in [0.2, 0.25) is 5.13 Å². The summed E-state index contributed by atoms with van der Waals surface area (Å²) in [6.07, 6.45) is 3.15. The number of carbonyl (C=O) groups is 2. The van der Waals surface area contributed by atoms with E-state index < -0.39 is 17.7 Å². The first-order valence-corrected chi connectivity index (χ1v) is 12.7. The number of aromatic nitrogens is 3. The summed E-state index contributed by atoms with van der Waals surface area (Å²) >= 11 is 8.63. The predicted octanol–water partition coefficient (Wildman–Crippen LogP) is 5.51. The highest BCUT2D eigenvalue weighted by Gasteiger charge is 2.48. The van der Waals surface area contributed by atoms with Crippen molar-refractivity contribution < 1.29 is 14.7 Å². The Bertz CT molecular complexity index is 1410. The number of nitrogens with zero attached hydrogens (tertiary/aromatic N) is 4. The second-order valence-corrected chi connectivity index (χ2v) is 10.2. The van der Waals surface area contributed by atoms with Crippen LogP contribution >= 0.6 is 34.7 Å². The van der Waals surface area contributed by atoms with E-state index in [9.17, 15) is 14.7 Å². The van der Waals surface area contributed by atoms with Gasteiger partial charge in [-0.1, -0.05) is 77.2 Å². The third-order valence-electron chi connectivity index (χ3n) is 5.39. The van der Waals surface area contributed by atoms with E-state index >= 15 is 0 Å². The number of ketones is 1. The van der Waals surface area contributed by atoms with Gasteiger partial charge >= 0.3 is 5.91 Å². The van der Waals surface area contributed by atoms with Crippen LogP contribution in [-0.4, -0.2) is 32.0 Å². The molecule has 1 amide bonds. The first-order valence-electron chi connectivity index (χ1n) is 10.5. The third kappa shape index (κ3) is 4.70. The molecule has 0 saturated carbocycles. The number of aliphatic hydroxyl groups excluding tert-OH is 1. The fourth-order valence-electron chi connectivity index (χ4n) is 3.73. The lowest BCUT2D eigenvalue weighted by Crippen LogP contribution is -2.29. The maximum Gasteiger partial charge on any atom is 0.301 e. The van der Waals surface area contributed by atoms with E-state index in [2.05, 4.69) is 15.2 Å². The second-order valence-electron chi connectivity index (χ2n) is 7.58. The molecule has 1 N–H and O–H groups in total. The summed E-state index contributed by atoms with van der Waals surface area (Å²) in [5.74, 6) is -1.14. The van der Waals surface area contributed by atoms with Crippen molar-refractivity contribution in [3.05, 3.63) is 106 Å². The minimum atomic E-state index is -0.861. The maximum absolute atomic E-state index is 13.2. The Hall–Kier alpha value is -3.53. The number of anilines is 1. The number of halogens is 1. The van der Waals surface area contributed by atoms with Crippen molar-refractivity contribution in [1.82, 2.24) is 15.2 Å². The average molecular weight is 521 g/mol. The van der Waals surface area contributed by atoms with Crippen molar-refractivity contribution >= 4 is 57.3 Å². The summed E-state index contributed by atoms with van der Waals surface area (Å²) in [5, 5.41) is 20.4. The normalized spacial score (nSPS) is 17.2. The van der Waals surface area contributed by atoms with E-state index in [-0.39, 0.29) is 16.5 Å². The zero-order valence-electron chi connectivity index (χ0n) is 18.0. The lowest BCUT2D eigenvalue weighted by Gasteiger charge is -2.22. The molecular formula is C25H17ClN4O3S2. The molecule has 1 aliphatic rings. The first-order chi connectivity index (χ1) is 17.0. The van der Waals surface area contributed by atoms with Gasteiger partial charge in [-0.2, -0.15) is 0 Å². The van der Waals surface area contributed by atoms with E-state index in [1.165, 1.54) is 28.0 Å². The maximum atomic E-state index is 13.2. The van der Waals surface area contributed by atoms with Gasteiger partial charge in [0.15, 0.2) is 4.34 Å². The van der Waals surface area contributed by atoms with E-state index in [4.69, 9.17) is 11.6 Å². The summed E-state index contributed by atoms with van der Waals surface area (Å²) in [6, 6.07) is 18.7. The number of thioether (sulfide) groups is 1. The number of pyridine rings is 1. The molecule has 4 aromatic rings. The molecule has 7 nitrogen and oxygen atoms in total. The number of hydrogen-bond acceptors (Lipinski definition) is 8. The average Bonchev–Trinajstić information content (AvgIpc) is 3.46. The molecule has 3 heterocycles. The molecule has 1 aliphatic heterocycles. The molecule has 0 aliphatic carbocycles. The van der Waals surface area contributed by atoms with Crippen LogP contribution in [0.25, 0.3) is 5.76 Å². The van der Waals surface area contributed by atoms with Crippen LogP contribution in [-0.2, 0) is 15.3 Å². The van der Waals surface area contributed by atoms with Crippen LogP contribution in [0, 0.1) is 0 Å². The predicted molar refractivity (Wildman–Crippen MR) is 136 cm³/mol. The van der Waals surface area contributed by atoms with Gasteiger partial charge in [-0.15, -0.1) is 10.2 Å². The quantitative estimate of drug-likeness (QED) is 0.118. The Morgan fingerprint density at radius 1 is 1.00 bits per heavy atom. The van der Waals surface area contributed by atoms with Crippen LogP contribution in [0.3, 0.4) is 0 Å². The molecular weight excluding hydrogens is 504 g/mol. The van der Waals surface area contributed by atoms with Gasteiger partial charge in [-0.05, 0) is 35.4 Å². The zero-order valence-corrected chi connectivity index (χ0v) is 20.4. The highest BCUT2D eigenvalue weighted by Crippen LogP contribution is 2.43. The van der Waals surface area contributed by atoms with Gasteiger partial charge < -0.3 is 5.11 Å². The number of amides is 1. The van der Waals surface area contributed by atoms with Crippen molar-refractivity contribution in [1.29, 1.82) is 0 Å². The molecule has 1 atom stereocenters. The van der Waals surface area contributed by atoms with Gasteiger partial charge in [-0.3, -0.25) is 19.5 Å². The summed E-state index contributed by atoms with van der Waals surface area (Å²) < 4.78 is 0.647. The molecule has 0 radical (unpaired) electrons. The van der Waals surface area contributed by atoms with Crippen molar-refractivity contribution in [2.45, 2.75) is 16.1 Å². The highest BCUT2D eigenvalue weighted by molar-refractivity contribution is 8.00. The molecule has 10 heteroatoms. The SMILES string of the molecule is O=C1C(=O)N(c2nnc(SCc3ccc(Cl)cc3)s2)C(c2ccncc2)/C1=C(/O)c1ccccc1. The largest absolute Gasteiger partial charge is 0.507 e. The molecule has 1 fully saturated rings. The molecule has 174 valence electrons. The number of rotatable bonds is 6. The van der Waals surface area contributed by atoms with Crippen LogP contribution < -0.4 is 4.90 Å². The molecule has 1 unspecified atom stereocenters. The first kappa shape index (κ1) is 23.2. The number of aliphatic hydroxyl groups is 1. The van der Waals surface area contributed by atoms with E-state index in [0.29, 0.717) is 26.2 Å². The van der Waals surface area contributed by atoms with Crippen molar-refractivity contribution in [3.8, 4) is 0 Å². The molecule has 2 aromatic heterocycles. The fourth-order valence-corrected chi connectivity index (χ4v) is 5.68. The Kier molecular flexibility index (Phi) is 6.63. The van der Waals surface area contributed by atoms with Crippen LogP contribution in [0.5, 0.6) is 0 Å². The van der Waals surface area contributed by atoms with Crippen LogP contribution in [0.15, 0.2) is 89.0 Å². The van der Waals surface area contributed by atoms with Gasteiger partial charge in [0.1, 0.15) is 5.76 Å². The van der Waals surface area contributed by atoms with Crippen LogP contribution in [0.4, 0.5) is 5.13 Å². The summed E-state index contributed by atoms with van der Waals surface area (Å²) in [4.78, 5) is 31.7. The molecule has 35 heavy (non-hydrogen) atoms. The molecule has 0 bridgehead atoms. The zero-order chi connectivity index (χ0) is 24.4. The van der Waals surface area contributed by atoms with Crippen molar-refractivity contribution in [3.63, 3.8) is 0 Å². The highest BCUT2D eigenvalue weighted by atomic mass is 35.5. The minimum Gasteiger partial charge on any atom is -0.507 e. The molecule has 0 spiro atoms. The number of benzene rings is 2. The van der Waals surface area contributed by atoms with Gasteiger partial charge in [0, 0.05) is 28.7 Å². The standard InChI is InChI=1S/C25H17ClN4O3S2/c26-18-8-6-15(7-9-18)14-34-25-29-28-24(35-25)30-20(16-10-12-27-13-11-16)19(22(32)23(30)33)21(31)17-4-2-1-3-5-17/h1-13,20,31H,14H2/b21-19-. The third-order valence-corrected chi connectivity index (χ3v) is 7.77. The van der Waals surface area contributed by atoms with E-state index in [1.54, 1.807) is 54.9 Å². The van der Waals surface area contributed by atoms with Gasteiger partial charge in [0.05, 0.1) is 11.6 Å². The monoisotopic (exact) mass is 520 g/mol. The summed E-state index contributed by atoms with van der Waals surface area (Å²) in [6.45, 7) is 0. The number of Topliss-reactive ketones (excluding diaryl/α,β-unsaturated/α-hetero) is 1. The Balaban J connectivity index is 1.51. The Morgan fingerprint density at radius 2 is 1.71 bits per heavy atom. The second kappa shape index (κ2) is 9.99. The van der Waals surface area contributed by atoms with Crippen LogP contribution in [0.2, 0.25) is 5.02 Å². The Morgan fingerprint density at radius 3 is 2.43 bits per heavy atom. The number of carbonyl (C=O) groups excluding carboxylic acids is 2.